The summed E-state index contributed by atoms with van der Waals surface area (Å²) in [5, 5.41) is 3.24. The molecule has 3 rings (SSSR count). The summed E-state index contributed by atoms with van der Waals surface area (Å²) in [5.74, 6) is -0.0157. The van der Waals surface area contributed by atoms with Crippen molar-refractivity contribution in [3.05, 3.63) is 70.8 Å². The lowest BCUT2D eigenvalue weighted by Gasteiger charge is -2.33. The Balaban J connectivity index is 1.81. The molecule has 0 bridgehead atoms. The van der Waals surface area contributed by atoms with E-state index in [1.807, 2.05) is 56.3 Å². The second kappa shape index (κ2) is 11.1. The number of hydrogen-bond donors (Lipinski definition) is 1. The maximum atomic E-state index is 13.5. The van der Waals surface area contributed by atoms with Crippen molar-refractivity contribution in [3.8, 4) is 0 Å². The fourth-order valence-corrected chi connectivity index (χ4v) is 4.42. The van der Waals surface area contributed by atoms with E-state index in [1.165, 1.54) is 24.8 Å². The number of benzene rings is 2. The number of rotatable bonds is 8. The van der Waals surface area contributed by atoms with Gasteiger partial charge in [0.1, 0.15) is 6.04 Å². The Morgan fingerprint density at radius 3 is 2.32 bits per heavy atom. The molecule has 1 fully saturated rings. The Hall–Kier alpha value is -2.62. The third-order valence-electron chi connectivity index (χ3n) is 6.42. The number of aryl methyl sites for hydroxylation is 2. The summed E-state index contributed by atoms with van der Waals surface area (Å²) >= 11 is 0. The van der Waals surface area contributed by atoms with Crippen LogP contribution in [0.5, 0.6) is 0 Å². The van der Waals surface area contributed by atoms with Gasteiger partial charge >= 0.3 is 0 Å². The monoisotopic (exact) mass is 420 g/mol. The molecule has 1 saturated carbocycles. The van der Waals surface area contributed by atoms with Crippen molar-refractivity contribution in [2.45, 2.75) is 84.3 Å². The molecule has 0 aliphatic heterocycles. The molecule has 0 saturated heterocycles. The van der Waals surface area contributed by atoms with Gasteiger partial charge in [-0.25, -0.2) is 0 Å². The van der Waals surface area contributed by atoms with Gasteiger partial charge < -0.3 is 10.2 Å². The average Bonchev–Trinajstić information content (AvgIpc) is 2.77. The number of carbonyl (C=O) groups excluding carboxylic acids is 2. The van der Waals surface area contributed by atoms with E-state index >= 15 is 0 Å². The molecule has 1 aliphatic carbocycles. The lowest BCUT2D eigenvalue weighted by atomic mass is 9.95. The molecular formula is C27H36N2O2. The van der Waals surface area contributed by atoms with Gasteiger partial charge in [0.25, 0.3) is 0 Å². The highest BCUT2D eigenvalue weighted by atomic mass is 16.2. The van der Waals surface area contributed by atoms with Crippen LogP contribution < -0.4 is 5.32 Å². The Bertz CT molecular complexity index is 869. The van der Waals surface area contributed by atoms with E-state index in [0.29, 0.717) is 19.4 Å². The van der Waals surface area contributed by atoms with Crippen LogP contribution in [0.15, 0.2) is 48.5 Å². The minimum absolute atomic E-state index is 0.00208. The lowest BCUT2D eigenvalue weighted by molar-refractivity contribution is -0.141. The SMILES string of the molecule is CC[C@H](C(=O)NC1CCCCC1)N(Cc1ccccc1C)C(=O)Cc1ccc(C)cc1. The van der Waals surface area contributed by atoms with Gasteiger partial charge in [0, 0.05) is 12.6 Å². The summed E-state index contributed by atoms with van der Waals surface area (Å²) in [6.45, 7) is 6.54. The summed E-state index contributed by atoms with van der Waals surface area (Å²) in [6.07, 6.45) is 6.57. The first-order valence-electron chi connectivity index (χ1n) is 11.7. The maximum Gasteiger partial charge on any atom is 0.243 e. The van der Waals surface area contributed by atoms with E-state index in [2.05, 4.69) is 18.3 Å². The molecule has 1 N–H and O–H groups in total. The molecule has 0 spiro atoms. The molecule has 0 aromatic heterocycles. The normalized spacial score (nSPS) is 15.3. The number of nitrogens with one attached hydrogen (secondary N) is 1. The predicted octanol–water partition coefficient (Wildman–Crippen LogP) is 5.10. The molecule has 166 valence electrons. The molecule has 2 aromatic carbocycles. The second-order valence-electron chi connectivity index (χ2n) is 8.88. The Morgan fingerprint density at radius 2 is 1.68 bits per heavy atom. The Labute approximate surface area is 187 Å². The number of carbonyl (C=O) groups is 2. The standard InChI is InChI=1S/C27H36N2O2/c1-4-25(27(31)28-24-12-6-5-7-13-24)29(19-23-11-9-8-10-21(23)3)26(30)18-22-16-14-20(2)15-17-22/h8-11,14-17,24-25H,4-7,12-13,18-19H2,1-3H3,(H,28,31)/t25-/m1/s1. The van der Waals surface area contributed by atoms with Crippen molar-refractivity contribution in [2.75, 3.05) is 0 Å². The van der Waals surface area contributed by atoms with Gasteiger partial charge in [0.15, 0.2) is 0 Å². The molecule has 0 radical (unpaired) electrons. The molecule has 1 atom stereocenters. The van der Waals surface area contributed by atoms with Gasteiger partial charge in [-0.1, -0.05) is 80.3 Å². The van der Waals surface area contributed by atoms with Crippen LogP contribution in [0.1, 0.15) is 67.7 Å². The zero-order chi connectivity index (χ0) is 22.2. The van der Waals surface area contributed by atoms with Crippen molar-refractivity contribution in [2.24, 2.45) is 0 Å². The molecule has 2 aromatic rings. The quantitative estimate of drug-likeness (QED) is 0.646. The van der Waals surface area contributed by atoms with E-state index in [1.54, 1.807) is 4.90 Å². The number of nitrogens with zero attached hydrogens (tertiary/aromatic N) is 1. The fraction of sp³-hybridized carbons (Fsp3) is 0.481. The first-order chi connectivity index (χ1) is 15.0. The molecular weight excluding hydrogens is 384 g/mol. The first-order valence-corrected chi connectivity index (χ1v) is 11.7. The van der Waals surface area contributed by atoms with Crippen molar-refractivity contribution in [1.29, 1.82) is 0 Å². The number of hydrogen-bond acceptors (Lipinski definition) is 2. The van der Waals surface area contributed by atoms with Gasteiger partial charge in [0.2, 0.25) is 11.8 Å². The van der Waals surface area contributed by atoms with Crippen LogP contribution in [0.3, 0.4) is 0 Å². The van der Waals surface area contributed by atoms with Gasteiger partial charge in [-0.3, -0.25) is 9.59 Å². The summed E-state index contributed by atoms with van der Waals surface area (Å²) < 4.78 is 0. The minimum Gasteiger partial charge on any atom is -0.352 e. The lowest BCUT2D eigenvalue weighted by Crippen LogP contribution is -2.52. The first kappa shape index (κ1) is 23.1. The van der Waals surface area contributed by atoms with Gasteiger partial charge in [-0.15, -0.1) is 0 Å². The van der Waals surface area contributed by atoms with E-state index in [0.717, 1.165) is 29.5 Å². The zero-order valence-electron chi connectivity index (χ0n) is 19.2. The van der Waals surface area contributed by atoms with Crippen LogP contribution in [-0.4, -0.2) is 28.8 Å². The largest absolute Gasteiger partial charge is 0.352 e. The van der Waals surface area contributed by atoms with Crippen LogP contribution in [-0.2, 0) is 22.6 Å². The Morgan fingerprint density at radius 1 is 1.00 bits per heavy atom. The van der Waals surface area contributed by atoms with Crippen LogP contribution in [0.2, 0.25) is 0 Å². The highest BCUT2D eigenvalue weighted by Gasteiger charge is 2.30. The van der Waals surface area contributed by atoms with Crippen molar-refractivity contribution in [1.82, 2.24) is 10.2 Å². The summed E-state index contributed by atoms with van der Waals surface area (Å²) in [5.41, 5.74) is 4.38. The predicted molar refractivity (Wildman–Crippen MR) is 126 cm³/mol. The van der Waals surface area contributed by atoms with Crippen LogP contribution in [0, 0.1) is 13.8 Å². The second-order valence-corrected chi connectivity index (χ2v) is 8.88. The summed E-state index contributed by atoms with van der Waals surface area (Å²) in [4.78, 5) is 28.5. The van der Waals surface area contributed by atoms with E-state index in [-0.39, 0.29) is 17.9 Å². The Kier molecular flexibility index (Phi) is 8.27. The topological polar surface area (TPSA) is 49.4 Å². The molecule has 2 amide bonds. The summed E-state index contributed by atoms with van der Waals surface area (Å²) in [7, 11) is 0. The van der Waals surface area contributed by atoms with Gasteiger partial charge in [0.05, 0.1) is 6.42 Å². The van der Waals surface area contributed by atoms with E-state index < -0.39 is 6.04 Å². The third-order valence-corrected chi connectivity index (χ3v) is 6.42. The molecule has 4 heteroatoms. The van der Waals surface area contributed by atoms with Gasteiger partial charge in [-0.2, -0.15) is 0 Å². The van der Waals surface area contributed by atoms with Crippen molar-refractivity contribution >= 4 is 11.8 Å². The van der Waals surface area contributed by atoms with Crippen LogP contribution in [0.25, 0.3) is 0 Å². The summed E-state index contributed by atoms with van der Waals surface area (Å²) in [6, 6.07) is 15.9. The molecule has 0 unspecified atom stereocenters. The van der Waals surface area contributed by atoms with E-state index in [4.69, 9.17) is 0 Å². The van der Waals surface area contributed by atoms with Crippen LogP contribution >= 0.6 is 0 Å². The highest BCUT2D eigenvalue weighted by Crippen LogP contribution is 2.20. The molecule has 1 aliphatic rings. The zero-order valence-corrected chi connectivity index (χ0v) is 19.2. The van der Waals surface area contributed by atoms with E-state index in [9.17, 15) is 9.59 Å². The maximum absolute atomic E-state index is 13.5. The third kappa shape index (κ3) is 6.43. The highest BCUT2D eigenvalue weighted by molar-refractivity contribution is 5.88. The van der Waals surface area contributed by atoms with Crippen molar-refractivity contribution < 1.29 is 9.59 Å². The van der Waals surface area contributed by atoms with Crippen LogP contribution in [0.4, 0.5) is 0 Å². The molecule has 4 nitrogen and oxygen atoms in total. The van der Waals surface area contributed by atoms with Crippen molar-refractivity contribution in [3.63, 3.8) is 0 Å². The number of amides is 2. The molecule has 0 heterocycles. The minimum atomic E-state index is -0.459. The van der Waals surface area contributed by atoms with Gasteiger partial charge in [-0.05, 0) is 49.8 Å². The molecule has 31 heavy (non-hydrogen) atoms. The smallest absolute Gasteiger partial charge is 0.243 e. The fourth-order valence-electron chi connectivity index (χ4n) is 4.42. The average molecular weight is 421 g/mol.